The van der Waals surface area contributed by atoms with Crippen LogP contribution in [0, 0.1) is 5.92 Å². The predicted octanol–water partition coefficient (Wildman–Crippen LogP) is -1.43. The summed E-state index contributed by atoms with van der Waals surface area (Å²) in [7, 11) is 0. The maximum absolute atomic E-state index is 12.2. The van der Waals surface area contributed by atoms with Gasteiger partial charge in [0.2, 0.25) is 17.7 Å². The Labute approximate surface area is 129 Å². The Hall–Kier alpha value is -2.32. The van der Waals surface area contributed by atoms with Gasteiger partial charge in [0.15, 0.2) is 0 Å². The Morgan fingerprint density at radius 1 is 1.05 bits per heavy atom. The van der Waals surface area contributed by atoms with E-state index in [0.717, 1.165) is 0 Å². The van der Waals surface area contributed by atoms with E-state index in [0.29, 0.717) is 6.42 Å². The summed E-state index contributed by atoms with van der Waals surface area (Å²) >= 11 is 0. The van der Waals surface area contributed by atoms with Gasteiger partial charge in [-0.05, 0) is 18.8 Å². The fourth-order valence-electron chi connectivity index (χ4n) is 1.82. The Morgan fingerprint density at radius 2 is 1.64 bits per heavy atom. The van der Waals surface area contributed by atoms with Crippen LogP contribution < -0.4 is 27.4 Å². The number of nitrogens with two attached hydrogens (primary N) is 2. The van der Waals surface area contributed by atoms with E-state index in [-0.39, 0.29) is 24.8 Å². The second-order valence-corrected chi connectivity index (χ2v) is 5.32. The SMILES string of the molecule is CC(=O)NC(C(=O)N[C@@H](CCCNC(N)=O)C(N)=O)C(C)C. The Balaban J connectivity index is 4.58. The van der Waals surface area contributed by atoms with Gasteiger partial charge in [0.05, 0.1) is 0 Å². The normalized spacial score (nSPS) is 13.1. The lowest BCUT2D eigenvalue weighted by Gasteiger charge is -2.24. The third kappa shape index (κ3) is 8.08. The van der Waals surface area contributed by atoms with Crippen LogP contribution in [0.5, 0.6) is 0 Å². The smallest absolute Gasteiger partial charge is 0.312 e. The molecule has 9 nitrogen and oxygen atoms in total. The number of carbonyl (C=O) groups excluding carboxylic acids is 4. The molecule has 0 fully saturated rings. The average Bonchev–Trinajstić information content (AvgIpc) is 2.38. The zero-order valence-electron chi connectivity index (χ0n) is 13.1. The number of rotatable bonds is 9. The number of hydrogen-bond acceptors (Lipinski definition) is 4. The lowest BCUT2D eigenvalue weighted by molar-refractivity contribution is -0.131. The van der Waals surface area contributed by atoms with Crippen LogP contribution in [0.1, 0.15) is 33.6 Å². The molecule has 0 aromatic heterocycles. The first kappa shape index (κ1) is 19.7. The molecule has 0 spiro atoms. The zero-order chi connectivity index (χ0) is 17.3. The summed E-state index contributed by atoms with van der Waals surface area (Å²) in [5, 5.41) is 7.43. The maximum atomic E-state index is 12.2. The molecular weight excluding hydrogens is 290 g/mol. The number of carbonyl (C=O) groups is 4. The molecule has 0 aliphatic carbocycles. The van der Waals surface area contributed by atoms with Gasteiger partial charge in [0.25, 0.3) is 0 Å². The van der Waals surface area contributed by atoms with Crippen molar-refractivity contribution in [2.24, 2.45) is 17.4 Å². The highest BCUT2D eigenvalue weighted by atomic mass is 16.2. The van der Waals surface area contributed by atoms with Crippen molar-refractivity contribution in [1.82, 2.24) is 16.0 Å². The van der Waals surface area contributed by atoms with Gasteiger partial charge in [-0.15, -0.1) is 0 Å². The van der Waals surface area contributed by atoms with E-state index < -0.39 is 29.9 Å². The lowest BCUT2D eigenvalue weighted by atomic mass is 10.0. The highest BCUT2D eigenvalue weighted by Gasteiger charge is 2.26. The molecule has 0 bridgehead atoms. The fourth-order valence-corrected chi connectivity index (χ4v) is 1.82. The minimum absolute atomic E-state index is 0.144. The molecule has 0 aromatic rings. The van der Waals surface area contributed by atoms with Gasteiger partial charge in [-0.25, -0.2) is 4.79 Å². The van der Waals surface area contributed by atoms with Gasteiger partial charge >= 0.3 is 6.03 Å². The number of urea groups is 1. The Morgan fingerprint density at radius 3 is 2.05 bits per heavy atom. The van der Waals surface area contributed by atoms with Crippen LogP contribution in [0.25, 0.3) is 0 Å². The molecule has 0 aliphatic heterocycles. The minimum Gasteiger partial charge on any atom is -0.368 e. The van der Waals surface area contributed by atoms with Crippen molar-refractivity contribution in [1.29, 1.82) is 0 Å². The van der Waals surface area contributed by atoms with Gasteiger partial charge in [-0.3, -0.25) is 14.4 Å². The molecule has 5 amide bonds. The van der Waals surface area contributed by atoms with Crippen molar-refractivity contribution >= 4 is 23.8 Å². The first-order valence-corrected chi connectivity index (χ1v) is 7.05. The number of amides is 5. The highest BCUT2D eigenvalue weighted by Crippen LogP contribution is 2.04. The first-order valence-electron chi connectivity index (χ1n) is 7.05. The van der Waals surface area contributed by atoms with Crippen LogP contribution in [-0.4, -0.2) is 42.4 Å². The highest BCUT2D eigenvalue weighted by molar-refractivity contribution is 5.91. The second kappa shape index (κ2) is 9.59. The van der Waals surface area contributed by atoms with Crippen LogP contribution in [0.15, 0.2) is 0 Å². The monoisotopic (exact) mass is 315 g/mol. The summed E-state index contributed by atoms with van der Waals surface area (Å²) in [6.45, 7) is 5.13. The summed E-state index contributed by atoms with van der Waals surface area (Å²) in [5.41, 5.74) is 10.2. The molecule has 0 heterocycles. The van der Waals surface area contributed by atoms with Gasteiger partial charge in [0.1, 0.15) is 12.1 Å². The molecule has 9 heteroatoms. The third-order valence-corrected chi connectivity index (χ3v) is 2.94. The quantitative estimate of drug-likeness (QED) is 0.330. The zero-order valence-corrected chi connectivity index (χ0v) is 13.1. The number of primary amides is 2. The minimum atomic E-state index is -0.878. The summed E-state index contributed by atoms with van der Waals surface area (Å²) in [6.07, 6.45) is 0.676. The number of nitrogens with one attached hydrogen (secondary N) is 3. The summed E-state index contributed by atoms with van der Waals surface area (Å²) < 4.78 is 0. The molecule has 22 heavy (non-hydrogen) atoms. The van der Waals surface area contributed by atoms with E-state index in [4.69, 9.17) is 11.5 Å². The molecule has 1 unspecified atom stereocenters. The van der Waals surface area contributed by atoms with Crippen molar-refractivity contribution in [3.63, 3.8) is 0 Å². The first-order chi connectivity index (χ1) is 10.1. The Bertz CT molecular complexity index is 425. The molecule has 2 atom stereocenters. The van der Waals surface area contributed by atoms with Crippen molar-refractivity contribution in [3.8, 4) is 0 Å². The molecule has 0 saturated carbocycles. The summed E-state index contributed by atoms with van der Waals surface area (Å²) in [4.78, 5) is 45.2. The van der Waals surface area contributed by atoms with Crippen molar-refractivity contribution in [2.45, 2.75) is 45.7 Å². The van der Waals surface area contributed by atoms with Crippen LogP contribution >= 0.6 is 0 Å². The number of hydrogen-bond donors (Lipinski definition) is 5. The summed E-state index contributed by atoms with van der Waals surface area (Å²) in [6, 6.07) is -2.29. The molecule has 0 aromatic carbocycles. The molecule has 0 saturated heterocycles. The fraction of sp³-hybridized carbons (Fsp3) is 0.692. The Kier molecular flexibility index (Phi) is 8.58. The standard InChI is InChI=1S/C13H25N5O4/c1-7(2)10(17-8(3)19)12(21)18-9(11(14)20)5-4-6-16-13(15)22/h7,9-10H,4-6H2,1-3H3,(H2,14,20)(H,17,19)(H,18,21)(H3,15,16,22)/t9-,10?/m0/s1. The van der Waals surface area contributed by atoms with Crippen molar-refractivity contribution in [2.75, 3.05) is 6.54 Å². The molecule has 126 valence electrons. The van der Waals surface area contributed by atoms with E-state index >= 15 is 0 Å². The second-order valence-electron chi connectivity index (χ2n) is 5.32. The lowest BCUT2D eigenvalue weighted by Crippen LogP contribution is -2.54. The average molecular weight is 315 g/mol. The van der Waals surface area contributed by atoms with Gasteiger partial charge < -0.3 is 27.4 Å². The van der Waals surface area contributed by atoms with Gasteiger partial charge in [-0.2, -0.15) is 0 Å². The molecule has 0 aliphatic rings. The van der Waals surface area contributed by atoms with Gasteiger partial charge in [0, 0.05) is 13.5 Å². The van der Waals surface area contributed by atoms with Gasteiger partial charge in [-0.1, -0.05) is 13.8 Å². The molecule has 0 rings (SSSR count). The van der Waals surface area contributed by atoms with E-state index in [9.17, 15) is 19.2 Å². The predicted molar refractivity (Wildman–Crippen MR) is 80.4 cm³/mol. The van der Waals surface area contributed by atoms with Crippen LogP contribution in [0.4, 0.5) is 4.79 Å². The van der Waals surface area contributed by atoms with Crippen LogP contribution in [-0.2, 0) is 14.4 Å². The van der Waals surface area contributed by atoms with Crippen LogP contribution in [0.3, 0.4) is 0 Å². The van der Waals surface area contributed by atoms with E-state index in [1.54, 1.807) is 13.8 Å². The largest absolute Gasteiger partial charge is 0.368 e. The van der Waals surface area contributed by atoms with Crippen molar-refractivity contribution < 1.29 is 19.2 Å². The van der Waals surface area contributed by atoms with E-state index in [1.165, 1.54) is 6.92 Å². The van der Waals surface area contributed by atoms with Crippen LogP contribution in [0.2, 0.25) is 0 Å². The summed E-state index contributed by atoms with van der Waals surface area (Å²) in [5.74, 6) is -1.64. The topological polar surface area (TPSA) is 156 Å². The molecular formula is C13H25N5O4. The molecule has 0 radical (unpaired) electrons. The third-order valence-electron chi connectivity index (χ3n) is 2.94. The van der Waals surface area contributed by atoms with E-state index in [1.807, 2.05) is 0 Å². The van der Waals surface area contributed by atoms with E-state index in [2.05, 4.69) is 16.0 Å². The maximum Gasteiger partial charge on any atom is 0.312 e. The molecule has 7 N–H and O–H groups in total. The van der Waals surface area contributed by atoms with Crippen molar-refractivity contribution in [3.05, 3.63) is 0 Å².